The summed E-state index contributed by atoms with van der Waals surface area (Å²) < 4.78 is 10.1. The molecule has 0 saturated carbocycles. The van der Waals surface area contributed by atoms with E-state index in [2.05, 4.69) is 5.92 Å². The largest absolute Gasteiger partial charge is 0.465 e. The van der Waals surface area contributed by atoms with Gasteiger partial charge in [0.15, 0.2) is 6.10 Å². The van der Waals surface area contributed by atoms with E-state index >= 15 is 0 Å². The highest BCUT2D eigenvalue weighted by Gasteiger charge is 2.06. The topological polar surface area (TPSA) is 52.6 Å². The summed E-state index contributed by atoms with van der Waals surface area (Å²) in [5.41, 5.74) is 0. The van der Waals surface area contributed by atoms with Crippen LogP contribution in [0.25, 0.3) is 0 Å². The van der Waals surface area contributed by atoms with E-state index in [1.54, 1.807) is 6.92 Å². The molecule has 126 valence electrons. The molecule has 0 radical (unpaired) electrons. The Hall–Kier alpha value is -1.50. The lowest BCUT2D eigenvalue weighted by Gasteiger charge is -2.07. The van der Waals surface area contributed by atoms with Crippen LogP contribution >= 0.6 is 0 Å². The summed E-state index contributed by atoms with van der Waals surface area (Å²) in [6.07, 6.45) is 11.5. The highest BCUT2D eigenvalue weighted by molar-refractivity contribution is 5.69. The van der Waals surface area contributed by atoms with Crippen LogP contribution in [0.15, 0.2) is 0 Å². The summed E-state index contributed by atoms with van der Waals surface area (Å²) in [4.78, 5) is 22.7. The first-order valence-electron chi connectivity index (χ1n) is 8.27. The third-order valence-electron chi connectivity index (χ3n) is 3.13. The van der Waals surface area contributed by atoms with Crippen LogP contribution < -0.4 is 0 Å². The molecule has 0 aromatic carbocycles. The Balaban J connectivity index is 3.35. The number of hydrogen-bond acceptors (Lipinski definition) is 4. The normalized spacial score (nSPS) is 11.8. The summed E-state index contributed by atoms with van der Waals surface area (Å²) >= 11 is 0. The Kier molecular flexibility index (Phi) is 12.3. The van der Waals surface area contributed by atoms with Crippen molar-refractivity contribution in [2.75, 3.05) is 6.61 Å². The second kappa shape index (κ2) is 13.2. The van der Waals surface area contributed by atoms with Crippen molar-refractivity contribution in [2.24, 2.45) is 5.92 Å². The predicted molar refractivity (Wildman–Crippen MR) is 87.1 cm³/mol. The zero-order valence-electron chi connectivity index (χ0n) is 14.2. The summed E-state index contributed by atoms with van der Waals surface area (Å²) in [5, 5.41) is 0. The van der Waals surface area contributed by atoms with Crippen molar-refractivity contribution in [1.29, 1.82) is 0 Å². The fourth-order valence-electron chi connectivity index (χ4n) is 1.87. The van der Waals surface area contributed by atoms with E-state index in [1.165, 1.54) is 0 Å². The van der Waals surface area contributed by atoms with Gasteiger partial charge in [0, 0.05) is 12.8 Å². The van der Waals surface area contributed by atoms with E-state index < -0.39 is 6.10 Å². The fraction of sp³-hybridized carbons (Fsp3) is 0.778. The van der Waals surface area contributed by atoms with Gasteiger partial charge in [-0.2, -0.15) is 0 Å². The first-order chi connectivity index (χ1) is 10.5. The zero-order valence-corrected chi connectivity index (χ0v) is 14.2. The maximum atomic E-state index is 11.4. The Labute approximate surface area is 134 Å². The van der Waals surface area contributed by atoms with Crippen molar-refractivity contribution >= 4 is 11.9 Å². The number of unbranched alkanes of at least 4 members (excludes halogenated alkanes) is 5. The number of carbonyl (C=O) groups is 2. The molecule has 0 rings (SSSR count). The first kappa shape index (κ1) is 20.5. The molecule has 0 aromatic heterocycles. The number of esters is 2. The van der Waals surface area contributed by atoms with Crippen molar-refractivity contribution in [2.45, 2.75) is 78.2 Å². The molecule has 0 saturated heterocycles. The first-order valence-corrected chi connectivity index (χ1v) is 8.27. The molecule has 0 aliphatic carbocycles. The van der Waals surface area contributed by atoms with Crippen molar-refractivity contribution in [3.8, 4) is 12.3 Å². The maximum Gasteiger partial charge on any atom is 0.307 e. The monoisotopic (exact) mass is 310 g/mol. The lowest BCUT2D eigenvalue weighted by Crippen LogP contribution is -2.12. The van der Waals surface area contributed by atoms with Gasteiger partial charge in [0.25, 0.3) is 0 Å². The summed E-state index contributed by atoms with van der Waals surface area (Å²) in [7, 11) is 0. The number of ether oxygens (including phenoxy) is 2. The van der Waals surface area contributed by atoms with Crippen LogP contribution in [0.3, 0.4) is 0 Å². The molecule has 22 heavy (non-hydrogen) atoms. The van der Waals surface area contributed by atoms with Gasteiger partial charge in [-0.05, 0) is 25.7 Å². The Morgan fingerprint density at radius 2 is 1.41 bits per heavy atom. The predicted octanol–water partition coefficient (Wildman–Crippen LogP) is 3.87. The molecule has 0 aliphatic rings. The average Bonchev–Trinajstić information content (AvgIpc) is 2.47. The molecule has 1 unspecified atom stereocenters. The fourth-order valence-corrected chi connectivity index (χ4v) is 1.87. The minimum Gasteiger partial charge on any atom is -0.465 e. The van der Waals surface area contributed by atoms with Crippen LogP contribution in [-0.2, 0) is 19.1 Å². The van der Waals surface area contributed by atoms with E-state index in [1.807, 2.05) is 13.8 Å². The van der Waals surface area contributed by atoms with Crippen LogP contribution in [-0.4, -0.2) is 24.6 Å². The van der Waals surface area contributed by atoms with E-state index in [0.717, 1.165) is 38.5 Å². The van der Waals surface area contributed by atoms with Gasteiger partial charge in [-0.1, -0.05) is 45.5 Å². The SMILES string of the molecule is C#CC(C)OC(=O)CCCCCCCCC(=O)OCC(C)C. The van der Waals surface area contributed by atoms with Gasteiger partial charge >= 0.3 is 11.9 Å². The Bertz CT molecular complexity index is 355. The van der Waals surface area contributed by atoms with Gasteiger partial charge in [0.2, 0.25) is 0 Å². The molecule has 0 amide bonds. The zero-order chi connectivity index (χ0) is 16.8. The second-order valence-electron chi connectivity index (χ2n) is 6.00. The van der Waals surface area contributed by atoms with Crippen LogP contribution in [0.2, 0.25) is 0 Å². The highest BCUT2D eigenvalue weighted by atomic mass is 16.5. The number of carbonyl (C=O) groups excluding carboxylic acids is 2. The van der Waals surface area contributed by atoms with Gasteiger partial charge in [-0.3, -0.25) is 9.59 Å². The Morgan fingerprint density at radius 1 is 0.909 bits per heavy atom. The van der Waals surface area contributed by atoms with E-state index in [-0.39, 0.29) is 11.9 Å². The van der Waals surface area contributed by atoms with Gasteiger partial charge in [-0.25, -0.2) is 0 Å². The van der Waals surface area contributed by atoms with Gasteiger partial charge in [-0.15, -0.1) is 6.42 Å². The standard InChI is InChI=1S/C18H30O4/c1-5-16(4)22-18(20)13-11-9-7-6-8-10-12-17(19)21-14-15(2)3/h1,15-16H,6-14H2,2-4H3. The highest BCUT2D eigenvalue weighted by Crippen LogP contribution is 2.10. The van der Waals surface area contributed by atoms with Gasteiger partial charge in [0.1, 0.15) is 0 Å². The van der Waals surface area contributed by atoms with Crippen molar-refractivity contribution < 1.29 is 19.1 Å². The summed E-state index contributed by atoms with van der Waals surface area (Å²) in [6, 6.07) is 0. The molecule has 4 heteroatoms. The number of hydrogen-bond donors (Lipinski definition) is 0. The maximum absolute atomic E-state index is 11.4. The van der Waals surface area contributed by atoms with Crippen molar-refractivity contribution in [3.05, 3.63) is 0 Å². The van der Waals surface area contributed by atoms with E-state index in [4.69, 9.17) is 15.9 Å². The minimum absolute atomic E-state index is 0.0981. The second-order valence-corrected chi connectivity index (χ2v) is 6.00. The van der Waals surface area contributed by atoms with Crippen molar-refractivity contribution in [1.82, 2.24) is 0 Å². The van der Waals surface area contributed by atoms with E-state index in [9.17, 15) is 9.59 Å². The molecule has 0 heterocycles. The number of rotatable bonds is 12. The average molecular weight is 310 g/mol. The third kappa shape index (κ3) is 13.5. The summed E-state index contributed by atoms with van der Waals surface area (Å²) in [6.45, 7) is 6.24. The lowest BCUT2D eigenvalue weighted by molar-refractivity contribution is -0.146. The lowest BCUT2D eigenvalue weighted by atomic mass is 10.1. The smallest absolute Gasteiger partial charge is 0.307 e. The Morgan fingerprint density at radius 3 is 1.91 bits per heavy atom. The van der Waals surface area contributed by atoms with E-state index in [0.29, 0.717) is 25.4 Å². The van der Waals surface area contributed by atoms with Gasteiger partial charge in [0.05, 0.1) is 6.61 Å². The molecule has 0 spiro atoms. The van der Waals surface area contributed by atoms with Crippen molar-refractivity contribution in [3.63, 3.8) is 0 Å². The summed E-state index contributed by atoms with van der Waals surface area (Å²) in [5.74, 6) is 2.43. The van der Waals surface area contributed by atoms with Crippen LogP contribution in [0, 0.1) is 18.3 Å². The molecular formula is C18H30O4. The molecule has 0 aromatic rings. The molecule has 1 atom stereocenters. The number of terminal acetylenes is 1. The quantitative estimate of drug-likeness (QED) is 0.312. The van der Waals surface area contributed by atoms with Gasteiger partial charge < -0.3 is 9.47 Å². The molecule has 4 nitrogen and oxygen atoms in total. The van der Waals surface area contributed by atoms with Crippen LogP contribution in [0.1, 0.15) is 72.1 Å². The molecule has 0 N–H and O–H groups in total. The molecular weight excluding hydrogens is 280 g/mol. The molecule has 0 bridgehead atoms. The minimum atomic E-state index is -0.442. The molecule has 0 fully saturated rings. The van der Waals surface area contributed by atoms with Crippen LogP contribution in [0.4, 0.5) is 0 Å². The van der Waals surface area contributed by atoms with Crippen LogP contribution in [0.5, 0.6) is 0 Å². The molecule has 0 aliphatic heterocycles. The third-order valence-corrected chi connectivity index (χ3v) is 3.13.